The number of hydrogen-bond acceptors (Lipinski definition) is 7. The van der Waals surface area contributed by atoms with Gasteiger partial charge in [0.2, 0.25) is 5.91 Å². The molecule has 0 radical (unpaired) electrons. The van der Waals surface area contributed by atoms with Gasteiger partial charge in [-0.1, -0.05) is 26.0 Å². The summed E-state index contributed by atoms with van der Waals surface area (Å²) in [5, 5.41) is 6.36. The molecule has 3 N–H and O–H groups in total. The zero-order chi connectivity index (χ0) is 26.5. The number of nitrogens with one attached hydrogen (secondary N) is 3. The molecular formula is C28H34N7O3+. The molecule has 1 fully saturated rings. The molecule has 0 saturated carbocycles. The molecule has 1 atom stereocenters. The summed E-state index contributed by atoms with van der Waals surface area (Å²) in [6.45, 7) is 7.82. The first-order valence-electron chi connectivity index (χ1n) is 13.0. The minimum Gasteiger partial charge on any atom is -0.378 e. The molecule has 5 rings (SSSR count). The number of aliphatic imine (C=N–C) groups is 1. The van der Waals surface area contributed by atoms with Gasteiger partial charge in [0.15, 0.2) is 6.67 Å². The Bertz CT molecular complexity index is 1260. The molecule has 1 unspecified atom stereocenters. The number of fused-ring (bicyclic) bond motifs is 1. The number of anilines is 2. The fraction of sp³-hybridized carbons (Fsp3) is 0.357. The quantitative estimate of drug-likeness (QED) is 0.490. The van der Waals surface area contributed by atoms with Gasteiger partial charge in [0.25, 0.3) is 11.7 Å². The van der Waals surface area contributed by atoms with Crippen molar-refractivity contribution in [1.82, 2.24) is 15.2 Å². The number of quaternary nitrogens is 1. The number of benzene rings is 1. The van der Waals surface area contributed by atoms with Crippen molar-refractivity contribution in [3.05, 3.63) is 78.0 Å². The predicted octanol–water partition coefficient (Wildman–Crippen LogP) is 1.37. The van der Waals surface area contributed by atoms with Crippen LogP contribution in [0, 0.1) is 5.92 Å². The third kappa shape index (κ3) is 6.09. The lowest BCUT2D eigenvalue weighted by Gasteiger charge is -2.30. The van der Waals surface area contributed by atoms with E-state index < -0.39 is 0 Å². The average molecular weight is 517 g/mol. The lowest BCUT2D eigenvalue weighted by atomic mass is 10.1. The zero-order valence-corrected chi connectivity index (χ0v) is 21.8. The Labute approximate surface area is 222 Å². The number of carbonyl (C=O) groups excluding carboxylic acids is 2. The number of morpholine rings is 1. The van der Waals surface area contributed by atoms with Crippen LogP contribution in [0.4, 0.5) is 11.5 Å². The number of amides is 2. The van der Waals surface area contributed by atoms with Gasteiger partial charge in [0, 0.05) is 37.7 Å². The van der Waals surface area contributed by atoms with Gasteiger partial charge < -0.3 is 20.3 Å². The second kappa shape index (κ2) is 11.6. The van der Waals surface area contributed by atoms with Crippen LogP contribution in [0.1, 0.15) is 29.8 Å². The highest BCUT2D eigenvalue weighted by molar-refractivity contribution is 5.97. The highest BCUT2D eigenvalue weighted by atomic mass is 16.5. The van der Waals surface area contributed by atoms with E-state index in [9.17, 15) is 9.59 Å². The van der Waals surface area contributed by atoms with Crippen LogP contribution in [-0.2, 0) is 16.0 Å². The Kier molecular flexibility index (Phi) is 7.81. The van der Waals surface area contributed by atoms with Crippen LogP contribution >= 0.6 is 0 Å². The Hall–Kier alpha value is -4.02. The molecule has 3 aliphatic heterocycles. The van der Waals surface area contributed by atoms with Gasteiger partial charge in [-0.05, 0) is 35.7 Å². The first kappa shape index (κ1) is 25.6. The summed E-state index contributed by atoms with van der Waals surface area (Å²) in [4.78, 5) is 39.2. The van der Waals surface area contributed by atoms with Crippen LogP contribution in [0.3, 0.4) is 0 Å². The first-order chi connectivity index (χ1) is 18.5. The van der Waals surface area contributed by atoms with E-state index >= 15 is 0 Å². The fourth-order valence-electron chi connectivity index (χ4n) is 4.53. The van der Waals surface area contributed by atoms with Crippen LogP contribution < -0.4 is 20.4 Å². The van der Waals surface area contributed by atoms with E-state index in [1.54, 1.807) is 23.4 Å². The standard InChI is InChI=1S/C28H33N7O3/c1-20(2)16-31-26(36)15-21-4-3-5-23(14-21)35-18-24(27-29-8-9-34(27)19-35)32-25-7-6-22(17-30-25)28(37)33-10-12-38-13-11-33/h3-9,14,17-18,20H,10-13,15-16,19H2,1-2H3,(H,30,32)(H,31,36)/p+1. The normalized spacial score (nSPS) is 18.7. The van der Waals surface area contributed by atoms with E-state index in [4.69, 9.17) is 4.74 Å². The lowest BCUT2D eigenvalue weighted by molar-refractivity contribution is -0.743. The van der Waals surface area contributed by atoms with Gasteiger partial charge in [-0.3, -0.25) is 14.5 Å². The summed E-state index contributed by atoms with van der Waals surface area (Å²) in [6.07, 6.45) is 7.77. The second-order valence-corrected chi connectivity index (χ2v) is 10.00. The summed E-state index contributed by atoms with van der Waals surface area (Å²) in [6, 6.07) is 11.6. The van der Waals surface area contributed by atoms with Gasteiger partial charge in [-0.15, -0.1) is 0 Å². The van der Waals surface area contributed by atoms with Crippen LogP contribution in [0.25, 0.3) is 0 Å². The smallest absolute Gasteiger partial charge is 0.257 e. The molecule has 2 aromatic rings. The van der Waals surface area contributed by atoms with Crippen LogP contribution in [0.2, 0.25) is 0 Å². The van der Waals surface area contributed by atoms with Gasteiger partial charge >= 0.3 is 0 Å². The molecule has 198 valence electrons. The van der Waals surface area contributed by atoms with Crippen molar-refractivity contribution in [3.8, 4) is 0 Å². The number of aromatic nitrogens is 1. The number of pyridine rings is 1. The van der Waals surface area contributed by atoms with Crippen molar-refractivity contribution < 1.29 is 19.2 Å². The Morgan fingerprint density at radius 2 is 2.00 bits per heavy atom. The average Bonchev–Trinajstić information content (AvgIpc) is 3.42. The largest absolute Gasteiger partial charge is 0.378 e. The summed E-state index contributed by atoms with van der Waals surface area (Å²) in [5.74, 6) is 1.91. The van der Waals surface area contributed by atoms with Crippen LogP contribution in [-0.4, -0.2) is 67.1 Å². The van der Waals surface area contributed by atoms with Crippen molar-refractivity contribution in [1.29, 1.82) is 0 Å². The minimum absolute atomic E-state index is 0.0246. The monoisotopic (exact) mass is 516 g/mol. The van der Waals surface area contributed by atoms with Crippen molar-refractivity contribution in [2.24, 2.45) is 10.9 Å². The Morgan fingerprint density at radius 1 is 1.16 bits per heavy atom. The molecule has 4 heterocycles. The highest BCUT2D eigenvalue weighted by Gasteiger charge is 2.31. The second-order valence-electron chi connectivity index (χ2n) is 10.00. The zero-order valence-electron chi connectivity index (χ0n) is 21.8. The van der Waals surface area contributed by atoms with E-state index in [1.165, 1.54) is 0 Å². The Morgan fingerprint density at radius 3 is 2.76 bits per heavy atom. The summed E-state index contributed by atoms with van der Waals surface area (Å²) >= 11 is 0. The molecule has 1 aromatic heterocycles. The molecule has 0 aliphatic carbocycles. The molecule has 1 aromatic carbocycles. The number of nitrogens with zero attached hydrogens (tertiary/aromatic N) is 4. The number of hydrogen-bond donors (Lipinski definition) is 3. The van der Waals surface area contributed by atoms with Gasteiger partial charge in [0.05, 0.1) is 31.4 Å². The van der Waals surface area contributed by atoms with Crippen molar-refractivity contribution in [3.63, 3.8) is 0 Å². The van der Waals surface area contributed by atoms with E-state index in [0.29, 0.717) is 63.2 Å². The van der Waals surface area contributed by atoms with E-state index in [1.807, 2.05) is 36.7 Å². The number of carbonyl (C=O) groups is 2. The number of ether oxygens (including phenoxy) is 1. The molecule has 0 bridgehead atoms. The molecule has 10 heteroatoms. The van der Waals surface area contributed by atoms with Gasteiger partial charge in [-0.2, -0.15) is 4.99 Å². The molecule has 1 saturated heterocycles. The highest BCUT2D eigenvalue weighted by Crippen LogP contribution is 2.20. The summed E-state index contributed by atoms with van der Waals surface area (Å²) in [5.41, 5.74) is 3.32. The van der Waals surface area contributed by atoms with Crippen LogP contribution in [0.15, 0.2) is 71.9 Å². The van der Waals surface area contributed by atoms with Gasteiger partial charge in [0.1, 0.15) is 17.7 Å². The predicted molar refractivity (Wildman–Crippen MR) is 146 cm³/mol. The molecule has 0 spiro atoms. The lowest BCUT2D eigenvalue weighted by Crippen LogP contribution is -3.12. The third-order valence-corrected chi connectivity index (χ3v) is 6.55. The summed E-state index contributed by atoms with van der Waals surface area (Å²) < 4.78 is 5.34. The Balaban J connectivity index is 1.30. The number of rotatable bonds is 8. The topological polar surface area (TPSA) is 104 Å². The van der Waals surface area contributed by atoms with E-state index in [0.717, 1.165) is 27.7 Å². The van der Waals surface area contributed by atoms with Gasteiger partial charge in [-0.25, -0.2) is 9.88 Å². The van der Waals surface area contributed by atoms with E-state index in [-0.39, 0.29) is 11.8 Å². The molecule has 38 heavy (non-hydrogen) atoms. The minimum atomic E-state index is -0.0341. The molecule has 3 aliphatic rings. The van der Waals surface area contributed by atoms with Crippen molar-refractivity contribution in [2.45, 2.75) is 20.3 Å². The SMILES string of the molecule is CC(C)CNC(=O)Cc1cccc(N2C=C(Nc3ccc(C(=O)N4CCOCC4)cn3)C3=NC=C[NH+]3C2)c1. The maximum atomic E-state index is 12.7. The third-order valence-electron chi connectivity index (χ3n) is 6.55. The summed E-state index contributed by atoms with van der Waals surface area (Å²) in [7, 11) is 0. The van der Waals surface area contributed by atoms with Crippen molar-refractivity contribution >= 4 is 29.2 Å². The fourth-order valence-corrected chi connectivity index (χ4v) is 4.53. The first-order valence-corrected chi connectivity index (χ1v) is 13.0. The molecule has 10 nitrogen and oxygen atoms in total. The number of amidine groups is 1. The maximum Gasteiger partial charge on any atom is 0.257 e. The maximum absolute atomic E-state index is 12.7. The van der Waals surface area contributed by atoms with Crippen molar-refractivity contribution in [2.75, 3.05) is 49.7 Å². The molecular weight excluding hydrogens is 482 g/mol. The van der Waals surface area contributed by atoms with Crippen LogP contribution in [0.5, 0.6) is 0 Å². The van der Waals surface area contributed by atoms with E-state index in [2.05, 4.69) is 45.4 Å². The molecule has 2 amide bonds.